The van der Waals surface area contributed by atoms with E-state index in [1.54, 1.807) is 0 Å². The van der Waals surface area contributed by atoms with Crippen molar-refractivity contribution in [2.24, 2.45) is 0 Å². The van der Waals surface area contributed by atoms with Crippen LogP contribution in [0, 0.1) is 0 Å². The highest BCUT2D eigenvalue weighted by Crippen LogP contribution is 2.51. The lowest BCUT2D eigenvalue weighted by Crippen LogP contribution is -2.12. The van der Waals surface area contributed by atoms with E-state index in [2.05, 4.69) is 193 Å². The Bertz CT molecular complexity index is 3070. The summed E-state index contributed by atoms with van der Waals surface area (Å²) < 4.78 is 5.17. The number of fused-ring (bicyclic) bond motifs is 9. The van der Waals surface area contributed by atoms with Gasteiger partial charge in [-0.1, -0.05) is 140 Å². The molecule has 0 bridgehead atoms. The van der Waals surface area contributed by atoms with Gasteiger partial charge in [0.2, 0.25) is 0 Å². The predicted molar refractivity (Wildman–Crippen MR) is 233 cm³/mol. The van der Waals surface area contributed by atoms with Gasteiger partial charge >= 0.3 is 0 Å². The second-order valence-corrected chi connectivity index (χ2v) is 15.8. The number of benzene rings is 9. The minimum atomic E-state index is 1.15. The summed E-state index contributed by atoms with van der Waals surface area (Å²) in [5.41, 5.74) is 8.31. The van der Waals surface area contributed by atoms with Gasteiger partial charge in [0.1, 0.15) is 0 Å². The highest BCUT2D eigenvalue weighted by atomic mass is 32.1. The Labute approximate surface area is 315 Å². The third-order valence-electron chi connectivity index (χ3n) is 10.6. The molecule has 11 rings (SSSR count). The third kappa shape index (κ3) is 4.82. The third-order valence-corrected chi connectivity index (χ3v) is 12.9. The molecule has 0 saturated carbocycles. The van der Waals surface area contributed by atoms with Crippen LogP contribution in [0.1, 0.15) is 0 Å². The van der Waals surface area contributed by atoms with E-state index < -0.39 is 0 Å². The SMILES string of the molecule is c1ccc(-c2ccc(-c3cc4ccccc4c4ccccc34)cc2N(c2cccc3sc4ccccc4c23)c2cccc3sc4ccccc4c23)cc1. The van der Waals surface area contributed by atoms with Crippen LogP contribution in [0.3, 0.4) is 0 Å². The standard InChI is InChI=1S/C50H31NS2/c1-2-14-32(15-3-1)36-29-28-34(41-30-33-16-4-5-17-35(33)37-18-6-7-19-38(37)41)31-44(36)51(42-22-12-26-47-49(42)39-20-8-10-24-45(39)52-47)43-23-13-27-48-50(43)40-21-9-11-25-46(40)53-48/h1-31H. The maximum absolute atomic E-state index is 2.57. The number of thiophene rings is 2. The van der Waals surface area contributed by atoms with Crippen molar-refractivity contribution in [3.63, 3.8) is 0 Å². The monoisotopic (exact) mass is 709 g/mol. The second-order valence-electron chi connectivity index (χ2n) is 13.6. The molecule has 0 fully saturated rings. The fraction of sp³-hybridized carbons (Fsp3) is 0. The molecule has 2 heterocycles. The normalized spacial score (nSPS) is 11.8. The van der Waals surface area contributed by atoms with Gasteiger partial charge in [0.05, 0.1) is 17.1 Å². The van der Waals surface area contributed by atoms with E-state index in [1.807, 2.05) is 22.7 Å². The summed E-state index contributed by atoms with van der Waals surface area (Å²) in [5.74, 6) is 0. The Morgan fingerprint density at radius 3 is 1.49 bits per heavy atom. The summed E-state index contributed by atoms with van der Waals surface area (Å²) in [6.45, 7) is 0. The van der Waals surface area contributed by atoms with Crippen molar-refractivity contribution in [2.45, 2.75) is 0 Å². The highest BCUT2D eigenvalue weighted by molar-refractivity contribution is 7.26. The molecule has 0 aliphatic heterocycles. The molecule has 0 amide bonds. The molecule has 53 heavy (non-hydrogen) atoms. The molecule has 2 aromatic heterocycles. The summed E-state index contributed by atoms with van der Waals surface area (Å²) in [6, 6.07) is 69.3. The number of hydrogen-bond donors (Lipinski definition) is 0. The number of anilines is 3. The van der Waals surface area contributed by atoms with Crippen LogP contribution in [0.5, 0.6) is 0 Å². The van der Waals surface area contributed by atoms with E-state index in [0.717, 1.165) is 5.69 Å². The second kappa shape index (κ2) is 12.2. The molecular formula is C50H31NS2. The summed E-state index contributed by atoms with van der Waals surface area (Å²) in [6.07, 6.45) is 0. The van der Waals surface area contributed by atoms with Crippen LogP contribution >= 0.6 is 22.7 Å². The van der Waals surface area contributed by atoms with Crippen LogP contribution in [-0.2, 0) is 0 Å². The van der Waals surface area contributed by atoms with Crippen LogP contribution in [0.25, 0.3) is 84.1 Å². The van der Waals surface area contributed by atoms with E-state index in [0.29, 0.717) is 0 Å². The van der Waals surface area contributed by atoms with Gasteiger partial charge in [-0.15, -0.1) is 22.7 Å². The van der Waals surface area contributed by atoms with Crippen molar-refractivity contribution in [3.8, 4) is 22.3 Å². The lowest BCUT2D eigenvalue weighted by Gasteiger charge is -2.30. The molecule has 248 valence electrons. The Morgan fingerprint density at radius 2 is 0.830 bits per heavy atom. The van der Waals surface area contributed by atoms with Crippen LogP contribution in [0.4, 0.5) is 17.1 Å². The van der Waals surface area contributed by atoms with Gasteiger partial charge in [-0.3, -0.25) is 0 Å². The van der Waals surface area contributed by atoms with Crippen molar-refractivity contribution in [1.82, 2.24) is 0 Å². The summed E-state index contributed by atoms with van der Waals surface area (Å²) >= 11 is 3.74. The first kappa shape index (κ1) is 30.4. The molecule has 1 nitrogen and oxygen atoms in total. The molecule has 3 heteroatoms. The summed E-state index contributed by atoms with van der Waals surface area (Å²) in [7, 11) is 0. The van der Waals surface area contributed by atoms with Crippen LogP contribution in [-0.4, -0.2) is 0 Å². The molecule has 0 aliphatic rings. The van der Waals surface area contributed by atoms with Gasteiger partial charge in [0.15, 0.2) is 0 Å². The van der Waals surface area contributed by atoms with E-state index >= 15 is 0 Å². The molecule has 0 saturated heterocycles. The first-order valence-corrected chi connectivity index (χ1v) is 19.6. The van der Waals surface area contributed by atoms with Crippen molar-refractivity contribution in [2.75, 3.05) is 4.90 Å². The fourth-order valence-corrected chi connectivity index (χ4v) is 10.6. The van der Waals surface area contributed by atoms with E-state index in [-0.39, 0.29) is 0 Å². The molecule has 9 aromatic carbocycles. The first-order chi connectivity index (χ1) is 26.3. The zero-order valence-electron chi connectivity index (χ0n) is 28.7. The smallest absolute Gasteiger partial charge is 0.0555 e. The van der Waals surface area contributed by atoms with Crippen molar-refractivity contribution < 1.29 is 0 Å². The molecule has 11 aromatic rings. The first-order valence-electron chi connectivity index (χ1n) is 18.0. The van der Waals surface area contributed by atoms with Crippen molar-refractivity contribution in [1.29, 1.82) is 0 Å². The number of rotatable bonds is 5. The Kier molecular flexibility index (Phi) is 6.97. The summed E-state index contributed by atoms with van der Waals surface area (Å²) in [4.78, 5) is 2.57. The van der Waals surface area contributed by atoms with Crippen molar-refractivity contribution in [3.05, 3.63) is 188 Å². The van der Waals surface area contributed by atoms with Gasteiger partial charge < -0.3 is 4.90 Å². The van der Waals surface area contributed by atoms with Gasteiger partial charge in [0, 0.05) is 45.9 Å². The molecule has 0 spiro atoms. The van der Waals surface area contributed by atoms with E-state index in [9.17, 15) is 0 Å². The molecule has 0 atom stereocenters. The Hall–Kier alpha value is -6.26. The Balaban J connectivity index is 1.29. The molecule has 0 radical (unpaired) electrons. The van der Waals surface area contributed by atoms with Gasteiger partial charge in [0.25, 0.3) is 0 Å². The summed E-state index contributed by atoms with van der Waals surface area (Å²) in [5, 5.41) is 10.2. The number of hydrogen-bond acceptors (Lipinski definition) is 3. The van der Waals surface area contributed by atoms with Gasteiger partial charge in [-0.05, 0) is 86.8 Å². The zero-order chi connectivity index (χ0) is 34.9. The van der Waals surface area contributed by atoms with E-state index in [1.165, 1.54) is 95.5 Å². The topological polar surface area (TPSA) is 3.24 Å². The highest BCUT2D eigenvalue weighted by Gasteiger charge is 2.25. The largest absolute Gasteiger partial charge is 0.308 e. The van der Waals surface area contributed by atoms with Crippen LogP contribution in [0.2, 0.25) is 0 Å². The van der Waals surface area contributed by atoms with Crippen molar-refractivity contribution >= 4 is 102 Å². The van der Waals surface area contributed by atoms with Gasteiger partial charge in [-0.25, -0.2) is 0 Å². The fourth-order valence-electron chi connectivity index (χ4n) is 8.31. The predicted octanol–water partition coefficient (Wildman–Crippen LogP) is 15.5. The molecule has 0 unspecified atom stereocenters. The van der Waals surface area contributed by atoms with Gasteiger partial charge in [-0.2, -0.15) is 0 Å². The molecular weight excluding hydrogens is 679 g/mol. The maximum atomic E-state index is 2.57. The average Bonchev–Trinajstić information content (AvgIpc) is 3.80. The van der Waals surface area contributed by atoms with E-state index in [4.69, 9.17) is 0 Å². The number of nitrogens with zero attached hydrogens (tertiary/aromatic N) is 1. The molecule has 0 aliphatic carbocycles. The van der Waals surface area contributed by atoms with Crippen LogP contribution in [0.15, 0.2) is 188 Å². The average molecular weight is 710 g/mol. The minimum absolute atomic E-state index is 1.15. The quantitative estimate of drug-likeness (QED) is 0.161. The zero-order valence-corrected chi connectivity index (χ0v) is 30.3. The lowest BCUT2D eigenvalue weighted by atomic mass is 9.91. The maximum Gasteiger partial charge on any atom is 0.0555 e. The lowest BCUT2D eigenvalue weighted by molar-refractivity contribution is 1.32. The van der Waals surface area contributed by atoms with Crippen LogP contribution < -0.4 is 4.90 Å². The Morgan fingerprint density at radius 1 is 0.302 bits per heavy atom. The minimum Gasteiger partial charge on any atom is -0.308 e. The molecule has 0 N–H and O–H groups in total.